The van der Waals surface area contributed by atoms with Gasteiger partial charge >= 0.3 is 0 Å². The second-order valence-corrected chi connectivity index (χ2v) is 7.17. The number of tetrazole rings is 1. The van der Waals surface area contributed by atoms with Crippen LogP contribution in [-0.4, -0.2) is 34.4 Å². The topological polar surface area (TPSA) is 107 Å². The quantitative estimate of drug-likeness (QED) is 0.685. The van der Waals surface area contributed by atoms with Crippen LogP contribution in [0.4, 0.5) is 10.1 Å². The number of aryl methyl sites for hydroxylation is 1. The standard InChI is InChI=1S/C16H14FN5O3S/c1-10(23)12-4-3-5-14(8-12)26(24,25)19-16-9-13(6-7-15(16)17)22-11(2)18-20-21-22/h3-9,19H,1-2H3. The monoisotopic (exact) mass is 375 g/mol. The van der Waals surface area contributed by atoms with Crippen LogP contribution in [0.25, 0.3) is 5.69 Å². The number of hydrogen-bond acceptors (Lipinski definition) is 6. The molecule has 3 aromatic rings. The molecule has 1 heterocycles. The Balaban J connectivity index is 1.99. The van der Waals surface area contributed by atoms with Gasteiger partial charge in [-0.3, -0.25) is 9.52 Å². The number of benzene rings is 2. The molecule has 8 nitrogen and oxygen atoms in total. The highest BCUT2D eigenvalue weighted by Gasteiger charge is 2.18. The fourth-order valence-electron chi connectivity index (χ4n) is 2.28. The lowest BCUT2D eigenvalue weighted by Crippen LogP contribution is -2.15. The van der Waals surface area contributed by atoms with Crippen molar-refractivity contribution in [2.45, 2.75) is 18.7 Å². The molecule has 0 aliphatic carbocycles. The summed E-state index contributed by atoms with van der Waals surface area (Å²) in [6.07, 6.45) is 0. The van der Waals surface area contributed by atoms with Gasteiger partial charge in [-0.05, 0) is 54.6 Å². The molecule has 0 amide bonds. The van der Waals surface area contributed by atoms with E-state index in [-0.39, 0.29) is 21.9 Å². The van der Waals surface area contributed by atoms with E-state index in [0.717, 1.165) is 6.07 Å². The lowest BCUT2D eigenvalue weighted by molar-refractivity contribution is 0.101. The van der Waals surface area contributed by atoms with E-state index in [1.807, 2.05) is 0 Å². The predicted molar refractivity (Wildman–Crippen MR) is 91.1 cm³/mol. The first-order chi connectivity index (χ1) is 12.3. The molecule has 0 radical (unpaired) electrons. The van der Waals surface area contributed by atoms with Crippen molar-refractivity contribution >= 4 is 21.5 Å². The fraction of sp³-hybridized carbons (Fsp3) is 0.125. The first-order valence-electron chi connectivity index (χ1n) is 7.46. The van der Waals surface area contributed by atoms with E-state index in [4.69, 9.17) is 0 Å². The van der Waals surface area contributed by atoms with Crippen molar-refractivity contribution in [1.82, 2.24) is 20.2 Å². The van der Waals surface area contributed by atoms with Crippen molar-refractivity contribution in [3.63, 3.8) is 0 Å². The Morgan fingerprint density at radius 1 is 1.19 bits per heavy atom. The smallest absolute Gasteiger partial charge is 0.262 e. The maximum atomic E-state index is 14.1. The maximum absolute atomic E-state index is 14.1. The first kappa shape index (κ1) is 17.7. The van der Waals surface area contributed by atoms with Gasteiger partial charge in [-0.1, -0.05) is 12.1 Å². The number of sulfonamides is 1. The van der Waals surface area contributed by atoms with E-state index >= 15 is 0 Å². The van der Waals surface area contributed by atoms with Crippen LogP contribution in [0.3, 0.4) is 0 Å². The number of carbonyl (C=O) groups is 1. The second kappa shape index (κ2) is 6.64. The summed E-state index contributed by atoms with van der Waals surface area (Å²) in [6.45, 7) is 2.98. The number of aromatic nitrogens is 4. The van der Waals surface area contributed by atoms with Crippen LogP contribution in [0.1, 0.15) is 23.1 Å². The number of nitrogens with one attached hydrogen (secondary N) is 1. The van der Waals surface area contributed by atoms with Crippen molar-refractivity contribution in [3.8, 4) is 5.69 Å². The Morgan fingerprint density at radius 3 is 2.62 bits per heavy atom. The Hall–Kier alpha value is -3.14. The van der Waals surface area contributed by atoms with Crippen LogP contribution in [0, 0.1) is 12.7 Å². The zero-order valence-corrected chi connectivity index (χ0v) is 14.7. The number of carbonyl (C=O) groups excluding carboxylic acids is 1. The number of halogens is 1. The summed E-state index contributed by atoms with van der Waals surface area (Å²) in [6, 6.07) is 9.32. The number of Topliss-reactive ketones (excluding diaryl/α,β-unsaturated/α-hetero) is 1. The van der Waals surface area contributed by atoms with Gasteiger partial charge in [-0.25, -0.2) is 12.8 Å². The van der Waals surface area contributed by atoms with E-state index in [1.54, 1.807) is 6.92 Å². The summed E-state index contributed by atoms with van der Waals surface area (Å²) < 4.78 is 42.8. The van der Waals surface area contributed by atoms with Gasteiger partial charge in [0.15, 0.2) is 11.6 Å². The largest absolute Gasteiger partial charge is 0.295 e. The molecule has 26 heavy (non-hydrogen) atoms. The third-order valence-electron chi connectivity index (χ3n) is 3.62. The molecule has 1 aromatic heterocycles. The van der Waals surface area contributed by atoms with E-state index in [2.05, 4.69) is 20.2 Å². The van der Waals surface area contributed by atoms with Gasteiger partial charge in [-0.15, -0.1) is 5.10 Å². The lowest BCUT2D eigenvalue weighted by atomic mass is 10.2. The summed E-state index contributed by atoms with van der Waals surface area (Å²) in [5.41, 5.74) is 0.376. The summed E-state index contributed by atoms with van der Waals surface area (Å²) in [5, 5.41) is 11.0. The predicted octanol–water partition coefficient (Wildman–Crippen LogP) is 2.11. The SMILES string of the molecule is CC(=O)c1cccc(S(=O)(=O)Nc2cc(-n3nnnc3C)ccc2F)c1. The third-order valence-corrected chi connectivity index (χ3v) is 4.98. The van der Waals surface area contributed by atoms with Gasteiger partial charge in [0.25, 0.3) is 10.0 Å². The van der Waals surface area contributed by atoms with Gasteiger partial charge in [0, 0.05) is 5.56 Å². The molecule has 0 saturated carbocycles. The Bertz CT molecular complexity index is 1090. The van der Waals surface area contributed by atoms with Crippen LogP contribution < -0.4 is 4.72 Å². The number of ketones is 1. The molecular weight excluding hydrogens is 361 g/mol. The Kier molecular flexibility index (Phi) is 4.51. The van der Waals surface area contributed by atoms with Gasteiger partial charge in [0.2, 0.25) is 0 Å². The van der Waals surface area contributed by atoms with Crippen molar-refractivity contribution < 1.29 is 17.6 Å². The summed E-state index contributed by atoms with van der Waals surface area (Å²) in [4.78, 5) is 11.3. The highest BCUT2D eigenvalue weighted by atomic mass is 32.2. The number of nitrogens with zero attached hydrogens (tertiary/aromatic N) is 4. The molecule has 0 spiro atoms. The highest BCUT2D eigenvalue weighted by molar-refractivity contribution is 7.92. The van der Waals surface area contributed by atoms with E-state index in [9.17, 15) is 17.6 Å². The maximum Gasteiger partial charge on any atom is 0.262 e. The average Bonchev–Trinajstić information content (AvgIpc) is 3.03. The van der Waals surface area contributed by atoms with Gasteiger partial charge in [0.1, 0.15) is 5.82 Å². The summed E-state index contributed by atoms with van der Waals surface area (Å²) in [5.74, 6) is -0.574. The Labute approximate surface area is 148 Å². The van der Waals surface area contributed by atoms with Gasteiger partial charge < -0.3 is 0 Å². The fourth-order valence-corrected chi connectivity index (χ4v) is 3.38. The third kappa shape index (κ3) is 3.45. The summed E-state index contributed by atoms with van der Waals surface area (Å²) in [7, 11) is -4.09. The normalized spacial score (nSPS) is 11.3. The molecule has 0 aliphatic heterocycles. The number of rotatable bonds is 5. The average molecular weight is 375 g/mol. The molecule has 3 rings (SSSR count). The molecule has 0 saturated heterocycles. The van der Waals surface area contributed by atoms with E-state index < -0.39 is 15.8 Å². The highest BCUT2D eigenvalue weighted by Crippen LogP contribution is 2.23. The zero-order valence-electron chi connectivity index (χ0n) is 13.8. The molecule has 2 aromatic carbocycles. The number of hydrogen-bond donors (Lipinski definition) is 1. The molecule has 10 heteroatoms. The van der Waals surface area contributed by atoms with Crippen molar-refractivity contribution in [2.24, 2.45) is 0 Å². The van der Waals surface area contributed by atoms with Crippen LogP contribution >= 0.6 is 0 Å². The van der Waals surface area contributed by atoms with Crippen molar-refractivity contribution in [3.05, 3.63) is 59.7 Å². The molecule has 1 N–H and O–H groups in total. The van der Waals surface area contributed by atoms with Crippen LogP contribution in [-0.2, 0) is 10.0 Å². The molecule has 0 aliphatic rings. The molecule has 0 unspecified atom stereocenters. The van der Waals surface area contributed by atoms with Crippen molar-refractivity contribution in [1.29, 1.82) is 0 Å². The van der Waals surface area contributed by atoms with Gasteiger partial charge in [0.05, 0.1) is 16.3 Å². The van der Waals surface area contributed by atoms with Gasteiger partial charge in [-0.2, -0.15) is 4.68 Å². The molecular formula is C16H14FN5O3S. The minimum Gasteiger partial charge on any atom is -0.295 e. The molecule has 0 bridgehead atoms. The minimum atomic E-state index is -4.09. The first-order valence-corrected chi connectivity index (χ1v) is 8.95. The molecule has 0 fully saturated rings. The van der Waals surface area contributed by atoms with E-state index in [1.165, 1.54) is 48.0 Å². The zero-order chi connectivity index (χ0) is 18.9. The van der Waals surface area contributed by atoms with Crippen LogP contribution in [0.2, 0.25) is 0 Å². The summed E-state index contributed by atoms with van der Waals surface area (Å²) >= 11 is 0. The van der Waals surface area contributed by atoms with E-state index in [0.29, 0.717) is 11.5 Å². The number of anilines is 1. The molecule has 134 valence electrons. The van der Waals surface area contributed by atoms with Crippen molar-refractivity contribution in [2.75, 3.05) is 4.72 Å². The van der Waals surface area contributed by atoms with Crippen LogP contribution in [0.5, 0.6) is 0 Å². The second-order valence-electron chi connectivity index (χ2n) is 5.49. The Morgan fingerprint density at radius 2 is 1.96 bits per heavy atom. The molecule has 0 atom stereocenters. The minimum absolute atomic E-state index is 0.145. The van der Waals surface area contributed by atoms with Crippen LogP contribution in [0.15, 0.2) is 47.4 Å². The lowest BCUT2D eigenvalue weighted by Gasteiger charge is -2.11.